The summed E-state index contributed by atoms with van der Waals surface area (Å²) in [5.41, 5.74) is 7.97. The molecule has 0 saturated carbocycles. The van der Waals surface area contributed by atoms with E-state index in [0.717, 1.165) is 50.7 Å². The van der Waals surface area contributed by atoms with Crippen molar-refractivity contribution in [2.45, 2.75) is 50.6 Å². The van der Waals surface area contributed by atoms with Crippen LogP contribution in [0.3, 0.4) is 0 Å². The Labute approximate surface area is 233 Å². The fraction of sp³-hybridized carbons (Fsp3) is 0.312. The number of hydrogen-bond donors (Lipinski definition) is 2. The van der Waals surface area contributed by atoms with Gasteiger partial charge in [0.15, 0.2) is 0 Å². The average molecular weight is 537 g/mol. The molecule has 2 atom stereocenters. The minimum atomic E-state index is -0.696. The average Bonchev–Trinajstić information content (AvgIpc) is 3.60. The summed E-state index contributed by atoms with van der Waals surface area (Å²) in [7, 11) is 0. The van der Waals surface area contributed by atoms with E-state index in [1.807, 2.05) is 0 Å². The van der Waals surface area contributed by atoms with Gasteiger partial charge in [-0.05, 0) is 60.8 Å². The van der Waals surface area contributed by atoms with Crippen LogP contribution in [0.25, 0.3) is 12.2 Å². The van der Waals surface area contributed by atoms with Crippen LogP contribution in [0, 0.1) is 0 Å². The standard InChI is InChI=1S/C32H32N4O4/c37-29(39-31-33-19-27(35-31)17-21-9-11-23-5-1-3-7-25(23)15-21)13-14-30(38)40-32-34-20-28(36-32)18-22-10-12-24-6-2-4-8-26(24)16-22/h1-8,13-16,27-28H,9-12,17-20H2,(H,33,35)(H,34,36)/b14-13+/t27-,28-/m0/s1. The van der Waals surface area contributed by atoms with Crippen LogP contribution in [-0.2, 0) is 31.9 Å². The van der Waals surface area contributed by atoms with Crippen LogP contribution in [0.4, 0.5) is 0 Å². The number of fused-ring (bicyclic) bond motifs is 2. The van der Waals surface area contributed by atoms with Gasteiger partial charge in [-0.2, -0.15) is 0 Å². The van der Waals surface area contributed by atoms with Crippen LogP contribution >= 0.6 is 0 Å². The fourth-order valence-electron chi connectivity index (χ4n) is 5.59. The first kappa shape index (κ1) is 25.8. The minimum absolute atomic E-state index is 0.00627. The van der Waals surface area contributed by atoms with Gasteiger partial charge in [-0.15, -0.1) is 0 Å². The predicted octanol–water partition coefficient (Wildman–Crippen LogP) is 4.12. The van der Waals surface area contributed by atoms with Gasteiger partial charge in [-0.25, -0.2) is 19.6 Å². The third-order valence-electron chi connectivity index (χ3n) is 7.58. The molecule has 0 saturated heterocycles. The van der Waals surface area contributed by atoms with Crippen LogP contribution in [0.15, 0.2) is 81.8 Å². The van der Waals surface area contributed by atoms with Crippen LogP contribution in [-0.4, -0.2) is 49.2 Å². The largest absolute Gasteiger partial charge is 0.389 e. The molecule has 0 spiro atoms. The van der Waals surface area contributed by atoms with E-state index in [9.17, 15) is 9.59 Å². The number of nitrogens with zero attached hydrogens (tertiary/aromatic N) is 2. The molecule has 0 unspecified atom stereocenters. The molecule has 2 aliphatic carbocycles. The molecule has 8 heteroatoms. The topological polar surface area (TPSA) is 101 Å². The molecular formula is C32H32N4O4. The number of esters is 2. The lowest BCUT2D eigenvalue weighted by Crippen LogP contribution is -2.26. The second-order valence-electron chi connectivity index (χ2n) is 10.5. The zero-order valence-electron chi connectivity index (χ0n) is 22.3. The third kappa shape index (κ3) is 6.39. The summed E-state index contributed by atoms with van der Waals surface area (Å²) < 4.78 is 10.5. The number of aliphatic imine (C=N–C) groups is 2. The Kier molecular flexibility index (Phi) is 7.57. The highest BCUT2D eigenvalue weighted by Crippen LogP contribution is 2.28. The molecule has 6 rings (SSSR count). The van der Waals surface area contributed by atoms with Crippen molar-refractivity contribution in [1.29, 1.82) is 0 Å². The Hall–Kier alpha value is -4.46. The van der Waals surface area contributed by atoms with E-state index < -0.39 is 11.9 Å². The number of rotatable bonds is 6. The zero-order chi connectivity index (χ0) is 27.3. The minimum Gasteiger partial charge on any atom is -0.389 e. The molecule has 2 N–H and O–H groups in total. The smallest absolute Gasteiger partial charge is 0.338 e. The van der Waals surface area contributed by atoms with Gasteiger partial charge < -0.3 is 20.1 Å². The molecule has 0 bridgehead atoms. The van der Waals surface area contributed by atoms with Crippen LogP contribution < -0.4 is 10.6 Å². The second kappa shape index (κ2) is 11.7. The third-order valence-corrected chi connectivity index (χ3v) is 7.58. The number of carbonyl (C=O) groups is 2. The molecule has 4 aliphatic rings. The molecule has 2 heterocycles. The van der Waals surface area contributed by atoms with Gasteiger partial charge in [-0.1, -0.05) is 71.8 Å². The lowest BCUT2D eigenvalue weighted by atomic mass is 9.89. The van der Waals surface area contributed by atoms with E-state index in [1.165, 1.54) is 33.4 Å². The summed E-state index contributed by atoms with van der Waals surface area (Å²) in [6, 6.07) is 17.2. The first-order chi connectivity index (χ1) is 19.6. The molecule has 0 radical (unpaired) electrons. The van der Waals surface area contributed by atoms with Gasteiger partial charge in [0.25, 0.3) is 12.0 Å². The Morgan fingerprint density at radius 3 is 1.62 bits per heavy atom. The number of aryl methyl sites for hydroxylation is 2. The first-order valence-electron chi connectivity index (χ1n) is 13.9. The molecule has 0 fully saturated rings. The van der Waals surface area contributed by atoms with Gasteiger partial charge >= 0.3 is 11.9 Å². The number of amidine groups is 2. The maximum absolute atomic E-state index is 12.2. The molecule has 204 valence electrons. The van der Waals surface area contributed by atoms with Crippen molar-refractivity contribution in [2.75, 3.05) is 13.1 Å². The molecule has 2 aliphatic heterocycles. The summed E-state index contributed by atoms with van der Waals surface area (Å²) in [5.74, 6) is -1.39. The number of ether oxygens (including phenoxy) is 2. The fourth-order valence-corrected chi connectivity index (χ4v) is 5.59. The van der Waals surface area contributed by atoms with Crippen molar-refractivity contribution in [3.63, 3.8) is 0 Å². The summed E-state index contributed by atoms with van der Waals surface area (Å²) in [4.78, 5) is 33.5. The first-order valence-corrected chi connectivity index (χ1v) is 13.9. The lowest BCUT2D eigenvalue weighted by Gasteiger charge is -2.17. The highest BCUT2D eigenvalue weighted by atomic mass is 16.6. The Morgan fingerprint density at radius 2 is 1.15 bits per heavy atom. The Bertz CT molecular complexity index is 1360. The van der Waals surface area contributed by atoms with E-state index in [0.29, 0.717) is 13.1 Å². The zero-order valence-corrected chi connectivity index (χ0v) is 22.3. The molecule has 2 aromatic carbocycles. The molecule has 0 aromatic heterocycles. The highest BCUT2D eigenvalue weighted by molar-refractivity contribution is 6.00. The molecule has 0 amide bonds. The van der Waals surface area contributed by atoms with Crippen LogP contribution in [0.2, 0.25) is 0 Å². The summed E-state index contributed by atoms with van der Waals surface area (Å²) >= 11 is 0. The van der Waals surface area contributed by atoms with Gasteiger partial charge in [0, 0.05) is 25.2 Å². The molecule has 40 heavy (non-hydrogen) atoms. The van der Waals surface area contributed by atoms with E-state index in [4.69, 9.17) is 9.47 Å². The lowest BCUT2D eigenvalue weighted by molar-refractivity contribution is -0.132. The Morgan fingerprint density at radius 1 is 0.700 bits per heavy atom. The van der Waals surface area contributed by atoms with Crippen LogP contribution in [0.1, 0.15) is 47.9 Å². The molecular weight excluding hydrogens is 504 g/mol. The maximum Gasteiger partial charge on any atom is 0.338 e. The maximum atomic E-state index is 12.2. The monoisotopic (exact) mass is 536 g/mol. The van der Waals surface area contributed by atoms with E-state index in [1.54, 1.807) is 0 Å². The van der Waals surface area contributed by atoms with Gasteiger partial charge in [0.2, 0.25) is 0 Å². The summed E-state index contributed by atoms with van der Waals surface area (Å²) in [5, 5.41) is 6.07. The molecule has 8 nitrogen and oxygen atoms in total. The van der Waals surface area contributed by atoms with Gasteiger partial charge in [0.1, 0.15) is 0 Å². The van der Waals surface area contributed by atoms with Crippen molar-refractivity contribution in [3.8, 4) is 0 Å². The van der Waals surface area contributed by atoms with Gasteiger partial charge in [-0.3, -0.25) is 0 Å². The number of hydrogen-bond acceptors (Lipinski definition) is 8. The van der Waals surface area contributed by atoms with Crippen molar-refractivity contribution in [1.82, 2.24) is 10.6 Å². The second-order valence-corrected chi connectivity index (χ2v) is 10.5. The summed E-state index contributed by atoms with van der Waals surface area (Å²) in [6.07, 6.45) is 12.3. The number of carbonyl (C=O) groups excluding carboxylic acids is 2. The normalized spacial score (nSPS) is 21.2. The van der Waals surface area contributed by atoms with Crippen molar-refractivity contribution < 1.29 is 19.1 Å². The van der Waals surface area contributed by atoms with Gasteiger partial charge in [0.05, 0.1) is 12.1 Å². The predicted molar refractivity (Wildman–Crippen MR) is 154 cm³/mol. The van der Waals surface area contributed by atoms with Crippen molar-refractivity contribution in [2.24, 2.45) is 9.98 Å². The number of benzene rings is 2. The van der Waals surface area contributed by atoms with E-state index in [-0.39, 0.29) is 24.1 Å². The van der Waals surface area contributed by atoms with Crippen molar-refractivity contribution >= 4 is 36.1 Å². The van der Waals surface area contributed by atoms with E-state index in [2.05, 4.69) is 81.3 Å². The SMILES string of the molecule is O=C(/C=C/C(=O)OC1=N[C@@H](CC2=Cc3ccccc3CC2)CN1)OC1=N[C@@H](CC2=Cc3ccccc3CC2)CN1. The van der Waals surface area contributed by atoms with Crippen LogP contribution in [0.5, 0.6) is 0 Å². The number of nitrogens with one attached hydrogen (secondary N) is 2. The summed E-state index contributed by atoms with van der Waals surface area (Å²) in [6.45, 7) is 1.20. The Balaban J connectivity index is 0.953. The molecule has 2 aromatic rings. The quantitative estimate of drug-likeness (QED) is 0.426. The van der Waals surface area contributed by atoms with E-state index >= 15 is 0 Å². The van der Waals surface area contributed by atoms with Crippen molar-refractivity contribution in [3.05, 3.63) is 94.1 Å². The highest BCUT2D eigenvalue weighted by Gasteiger charge is 2.24.